The van der Waals surface area contributed by atoms with E-state index in [0.717, 1.165) is 18.7 Å². The minimum absolute atomic E-state index is 0.316. The first kappa shape index (κ1) is 14.5. The molecule has 0 aliphatic rings. The predicted octanol–water partition coefficient (Wildman–Crippen LogP) is 3.23. The Bertz CT molecular complexity index is 531. The average molecular weight is 369 g/mol. The van der Waals surface area contributed by atoms with Crippen molar-refractivity contribution in [2.45, 2.75) is 26.3 Å². The molecule has 0 saturated carbocycles. The van der Waals surface area contributed by atoms with Crippen LogP contribution in [0.15, 0.2) is 30.3 Å². The Hall–Kier alpha value is -0.880. The molecule has 1 unspecified atom stereocenters. The molecule has 1 aromatic heterocycles. The van der Waals surface area contributed by atoms with Crippen molar-refractivity contribution in [3.63, 3.8) is 0 Å². The number of halogens is 1. The van der Waals surface area contributed by atoms with Gasteiger partial charge in [0.1, 0.15) is 0 Å². The first-order valence-electron chi connectivity index (χ1n) is 6.58. The molecule has 1 atom stereocenters. The van der Waals surface area contributed by atoms with E-state index in [1.54, 1.807) is 0 Å². The number of nitrogens with one attached hydrogen (secondary N) is 1. The second-order valence-corrected chi connectivity index (χ2v) is 6.02. The van der Waals surface area contributed by atoms with Crippen LogP contribution in [0.2, 0.25) is 0 Å². The minimum atomic E-state index is 0.316. The number of hydrogen-bond donors (Lipinski definition) is 1. The van der Waals surface area contributed by atoms with Gasteiger partial charge in [0.2, 0.25) is 0 Å². The highest BCUT2D eigenvalue weighted by molar-refractivity contribution is 14.1. The van der Waals surface area contributed by atoms with Gasteiger partial charge in [-0.25, -0.2) is 0 Å². The van der Waals surface area contributed by atoms with Gasteiger partial charge in [0.05, 0.1) is 17.4 Å². The Labute approximate surface area is 128 Å². The molecule has 0 spiro atoms. The molecule has 0 amide bonds. The summed E-state index contributed by atoms with van der Waals surface area (Å²) < 4.78 is 3.26. The van der Waals surface area contributed by atoms with Gasteiger partial charge in [-0.05, 0) is 66.2 Å². The van der Waals surface area contributed by atoms with E-state index in [0.29, 0.717) is 6.04 Å². The number of rotatable bonds is 5. The van der Waals surface area contributed by atoms with Crippen LogP contribution in [0.4, 0.5) is 0 Å². The van der Waals surface area contributed by atoms with E-state index < -0.39 is 0 Å². The second-order valence-electron chi connectivity index (χ2n) is 4.78. The second kappa shape index (κ2) is 6.52. The number of aromatic nitrogens is 2. The number of nitrogens with zero attached hydrogens (tertiary/aromatic N) is 2. The van der Waals surface area contributed by atoms with Gasteiger partial charge in [0.15, 0.2) is 0 Å². The number of likely N-dealkylation sites (N-methyl/N-ethyl adjacent to an activating group) is 1. The molecule has 0 fully saturated rings. The van der Waals surface area contributed by atoms with Crippen LogP contribution in [0.3, 0.4) is 0 Å². The Kier molecular flexibility index (Phi) is 4.99. The molecule has 0 radical (unpaired) electrons. The van der Waals surface area contributed by atoms with Crippen molar-refractivity contribution < 1.29 is 0 Å². The molecule has 0 bridgehead atoms. The van der Waals surface area contributed by atoms with Crippen LogP contribution < -0.4 is 5.32 Å². The molecule has 0 aliphatic heterocycles. The van der Waals surface area contributed by atoms with Crippen molar-refractivity contribution in [3.8, 4) is 0 Å². The summed E-state index contributed by atoms with van der Waals surface area (Å²) in [6, 6.07) is 11.2. The molecule has 0 aliphatic carbocycles. The van der Waals surface area contributed by atoms with Gasteiger partial charge in [0, 0.05) is 10.6 Å². The highest BCUT2D eigenvalue weighted by atomic mass is 127. The van der Waals surface area contributed by atoms with Gasteiger partial charge >= 0.3 is 0 Å². The normalized spacial score (nSPS) is 12.6. The van der Waals surface area contributed by atoms with Crippen molar-refractivity contribution in [1.29, 1.82) is 0 Å². The lowest BCUT2D eigenvalue weighted by Gasteiger charge is -2.18. The number of benzene rings is 1. The van der Waals surface area contributed by atoms with Crippen LogP contribution >= 0.6 is 22.6 Å². The monoisotopic (exact) mass is 369 g/mol. The summed E-state index contributed by atoms with van der Waals surface area (Å²) in [7, 11) is 2.01. The Balaban J connectivity index is 2.20. The average Bonchev–Trinajstić information content (AvgIpc) is 2.71. The van der Waals surface area contributed by atoms with Crippen molar-refractivity contribution in [2.75, 3.05) is 6.54 Å². The lowest BCUT2D eigenvalue weighted by Crippen LogP contribution is -2.25. The summed E-state index contributed by atoms with van der Waals surface area (Å²) in [4.78, 5) is 0. The molecule has 3 nitrogen and oxygen atoms in total. The maximum atomic E-state index is 4.45. The summed E-state index contributed by atoms with van der Waals surface area (Å²) in [5.74, 6) is 0. The maximum absolute atomic E-state index is 4.45. The smallest absolute Gasteiger partial charge is 0.0597 e. The van der Waals surface area contributed by atoms with E-state index in [2.05, 4.69) is 70.3 Å². The molecule has 2 rings (SSSR count). The van der Waals surface area contributed by atoms with Crippen LogP contribution in [0, 0.1) is 10.5 Å². The van der Waals surface area contributed by atoms with Crippen molar-refractivity contribution in [3.05, 3.63) is 50.9 Å². The topological polar surface area (TPSA) is 29.9 Å². The highest BCUT2D eigenvalue weighted by Gasteiger charge is 2.15. The lowest BCUT2D eigenvalue weighted by molar-refractivity contribution is 0.507. The first-order chi connectivity index (χ1) is 9.10. The summed E-state index contributed by atoms with van der Waals surface area (Å²) in [5, 5.41) is 8.00. The Morgan fingerprint density at radius 1 is 1.32 bits per heavy atom. The van der Waals surface area contributed by atoms with E-state index in [9.17, 15) is 0 Å². The largest absolute Gasteiger partial charge is 0.309 e. The minimum Gasteiger partial charge on any atom is -0.309 e. The first-order valence-corrected chi connectivity index (χ1v) is 7.66. The van der Waals surface area contributed by atoms with Crippen LogP contribution in [0.5, 0.6) is 0 Å². The highest BCUT2D eigenvalue weighted by Crippen LogP contribution is 2.19. The van der Waals surface area contributed by atoms with E-state index in [-0.39, 0.29) is 0 Å². The van der Waals surface area contributed by atoms with E-state index >= 15 is 0 Å². The van der Waals surface area contributed by atoms with Gasteiger partial charge in [-0.1, -0.05) is 19.1 Å². The number of aryl methyl sites for hydroxylation is 2. The fourth-order valence-corrected chi connectivity index (χ4v) is 2.70. The molecule has 1 heterocycles. The van der Waals surface area contributed by atoms with Crippen LogP contribution in [0.25, 0.3) is 0 Å². The summed E-state index contributed by atoms with van der Waals surface area (Å²) >= 11 is 2.34. The summed E-state index contributed by atoms with van der Waals surface area (Å²) in [5.41, 5.74) is 3.67. The van der Waals surface area contributed by atoms with Gasteiger partial charge in [-0.15, -0.1) is 0 Å². The zero-order valence-electron chi connectivity index (χ0n) is 11.7. The van der Waals surface area contributed by atoms with Crippen molar-refractivity contribution in [2.24, 2.45) is 7.05 Å². The molecule has 102 valence electrons. The van der Waals surface area contributed by atoms with Crippen LogP contribution in [-0.2, 0) is 13.5 Å². The molecular weight excluding hydrogens is 349 g/mol. The third-order valence-electron chi connectivity index (χ3n) is 3.20. The Morgan fingerprint density at radius 2 is 2.00 bits per heavy atom. The molecule has 1 N–H and O–H groups in total. The zero-order chi connectivity index (χ0) is 13.8. The zero-order valence-corrected chi connectivity index (χ0v) is 13.8. The van der Waals surface area contributed by atoms with Gasteiger partial charge in [-0.2, -0.15) is 5.10 Å². The van der Waals surface area contributed by atoms with E-state index in [1.807, 2.05) is 18.7 Å². The van der Waals surface area contributed by atoms with Crippen molar-refractivity contribution in [1.82, 2.24) is 15.1 Å². The lowest BCUT2D eigenvalue weighted by atomic mass is 10.0. The van der Waals surface area contributed by atoms with Crippen molar-refractivity contribution >= 4 is 22.6 Å². The van der Waals surface area contributed by atoms with Gasteiger partial charge in [-0.3, -0.25) is 4.68 Å². The molecule has 4 heteroatoms. The van der Waals surface area contributed by atoms with E-state index in [1.165, 1.54) is 14.8 Å². The molecule has 1 aromatic carbocycles. The fourth-order valence-electron chi connectivity index (χ4n) is 2.34. The predicted molar refractivity (Wildman–Crippen MR) is 87.2 cm³/mol. The third kappa shape index (κ3) is 3.79. The quantitative estimate of drug-likeness (QED) is 0.821. The standard InChI is InChI=1S/C15H20IN3/c1-4-17-14(15-9-11(2)18-19(15)3)10-12-5-7-13(16)8-6-12/h5-9,14,17H,4,10H2,1-3H3. The van der Waals surface area contributed by atoms with Gasteiger partial charge < -0.3 is 5.32 Å². The third-order valence-corrected chi connectivity index (χ3v) is 3.92. The fraction of sp³-hybridized carbons (Fsp3) is 0.400. The van der Waals surface area contributed by atoms with Gasteiger partial charge in [0.25, 0.3) is 0 Å². The molecule has 19 heavy (non-hydrogen) atoms. The molecule has 0 saturated heterocycles. The Morgan fingerprint density at radius 3 is 2.53 bits per heavy atom. The van der Waals surface area contributed by atoms with Crippen LogP contribution in [0.1, 0.15) is 29.9 Å². The maximum Gasteiger partial charge on any atom is 0.0597 e. The number of hydrogen-bond acceptors (Lipinski definition) is 2. The summed E-state index contributed by atoms with van der Waals surface area (Å²) in [6.07, 6.45) is 0.990. The SMILES string of the molecule is CCNC(Cc1ccc(I)cc1)c1cc(C)nn1C. The van der Waals surface area contributed by atoms with Crippen LogP contribution in [-0.4, -0.2) is 16.3 Å². The molecule has 2 aromatic rings. The van der Waals surface area contributed by atoms with E-state index in [4.69, 9.17) is 0 Å². The summed E-state index contributed by atoms with van der Waals surface area (Å²) in [6.45, 7) is 5.14. The molecular formula is C15H20IN3.